The van der Waals surface area contributed by atoms with Crippen LogP contribution in [-0.2, 0) is 0 Å². The zero-order valence-corrected chi connectivity index (χ0v) is 13.5. The Kier molecular flexibility index (Phi) is 7.10. The maximum absolute atomic E-state index is 5.36. The molecule has 1 saturated carbocycles. The van der Waals surface area contributed by atoms with Crippen molar-refractivity contribution >= 4 is 24.8 Å². The summed E-state index contributed by atoms with van der Waals surface area (Å²) >= 11 is 0. The molecule has 3 nitrogen and oxygen atoms in total. The normalized spacial score (nSPS) is 20.4. The van der Waals surface area contributed by atoms with Gasteiger partial charge in [-0.05, 0) is 36.5 Å². The molecule has 0 aromatic heterocycles. The van der Waals surface area contributed by atoms with Gasteiger partial charge in [0.1, 0.15) is 5.75 Å². The van der Waals surface area contributed by atoms with Crippen LogP contribution >= 0.6 is 24.8 Å². The number of methoxy groups -OCH3 is 1. The summed E-state index contributed by atoms with van der Waals surface area (Å²) in [7, 11) is 1.75. The van der Waals surface area contributed by atoms with E-state index in [0.29, 0.717) is 6.04 Å². The first-order valence-electron chi connectivity index (χ1n) is 6.97. The van der Waals surface area contributed by atoms with E-state index in [-0.39, 0.29) is 24.8 Å². The van der Waals surface area contributed by atoms with Crippen molar-refractivity contribution in [3.8, 4) is 5.75 Å². The Morgan fingerprint density at radius 1 is 1.20 bits per heavy atom. The smallest absolute Gasteiger partial charge is 0.119 e. The molecule has 3 rings (SSSR count). The first-order valence-corrected chi connectivity index (χ1v) is 6.97. The first kappa shape index (κ1) is 17.6. The molecule has 0 radical (unpaired) electrons. The fraction of sp³-hybridized carbons (Fsp3) is 0.600. The minimum Gasteiger partial charge on any atom is -0.497 e. The highest BCUT2D eigenvalue weighted by Crippen LogP contribution is 2.45. The monoisotopic (exact) mass is 318 g/mol. The van der Waals surface area contributed by atoms with Gasteiger partial charge in [-0.1, -0.05) is 12.1 Å². The van der Waals surface area contributed by atoms with Crippen molar-refractivity contribution in [2.45, 2.75) is 18.9 Å². The molecule has 2 aliphatic rings. The third-order valence-corrected chi connectivity index (χ3v) is 4.05. The van der Waals surface area contributed by atoms with Crippen LogP contribution in [-0.4, -0.2) is 38.2 Å². The van der Waals surface area contributed by atoms with Gasteiger partial charge < -0.3 is 10.1 Å². The zero-order valence-electron chi connectivity index (χ0n) is 11.9. The lowest BCUT2D eigenvalue weighted by molar-refractivity contribution is 0.156. The maximum Gasteiger partial charge on any atom is 0.119 e. The quantitative estimate of drug-likeness (QED) is 0.923. The molecule has 0 unspecified atom stereocenters. The summed E-state index contributed by atoms with van der Waals surface area (Å²) in [5, 5.41) is 3.44. The minimum atomic E-state index is 0. The van der Waals surface area contributed by atoms with E-state index in [0.717, 1.165) is 24.8 Å². The van der Waals surface area contributed by atoms with Crippen molar-refractivity contribution in [1.82, 2.24) is 10.2 Å². The number of nitrogens with zero attached hydrogens (tertiary/aromatic N) is 1. The molecular weight excluding hydrogens is 295 g/mol. The molecule has 114 valence electrons. The van der Waals surface area contributed by atoms with Crippen LogP contribution in [0.3, 0.4) is 0 Å². The number of nitrogens with one attached hydrogen (secondary N) is 1. The van der Waals surface area contributed by atoms with Crippen molar-refractivity contribution in [1.29, 1.82) is 0 Å². The Hall–Kier alpha value is -0.480. The van der Waals surface area contributed by atoms with E-state index in [2.05, 4.69) is 28.4 Å². The Labute approximate surface area is 133 Å². The third-order valence-electron chi connectivity index (χ3n) is 4.05. The predicted octanol–water partition coefficient (Wildman–Crippen LogP) is 2.90. The number of rotatable bonds is 4. The van der Waals surface area contributed by atoms with E-state index in [4.69, 9.17) is 4.74 Å². The molecule has 5 heteroatoms. The topological polar surface area (TPSA) is 24.5 Å². The average molecular weight is 319 g/mol. The predicted molar refractivity (Wildman–Crippen MR) is 87.4 cm³/mol. The molecule has 20 heavy (non-hydrogen) atoms. The lowest BCUT2D eigenvalue weighted by Crippen LogP contribution is -2.45. The summed E-state index contributed by atoms with van der Waals surface area (Å²) in [6, 6.07) is 9.22. The van der Waals surface area contributed by atoms with Crippen molar-refractivity contribution in [3.63, 3.8) is 0 Å². The van der Waals surface area contributed by atoms with Gasteiger partial charge in [0, 0.05) is 32.2 Å². The van der Waals surface area contributed by atoms with Crippen LogP contribution in [0.1, 0.15) is 24.4 Å². The van der Waals surface area contributed by atoms with Gasteiger partial charge in [-0.2, -0.15) is 0 Å². The van der Waals surface area contributed by atoms with Crippen molar-refractivity contribution < 1.29 is 4.74 Å². The standard InChI is InChI=1S/C15H22N2O.2ClH/c1-18-14-4-2-3-13(11-14)15(12-5-6-12)17-9-7-16-8-10-17;;/h2-4,11-12,15-16H,5-10H2,1H3;2*1H/t15-;;/m0../s1. The van der Waals surface area contributed by atoms with Crippen LogP contribution in [0.5, 0.6) is 5.75 Å². The molecule has 2 fully saturated rings. The van der Waals surface area contributed by atoms with Crippen molar-refractivity contribution in [2.24, 2.45) is 5.92 Å². The molecule has 1 aliphatic carbocycles. The molecule has 1 saturated heterocycles. The Bertz CT molecular complexity index is 407. The number of hydrogen-bond donors (Lipinski definition) is 1. The minimum absolute atomic E-state index is 0. The number of halogens is 2. The molecule has 0 amide bonds. The van der Waals surface area contributed by atoms with E-state index in [1.54, 1.807) is 7.11 Å². The molecule has 0 bridgehead atoms. The van der Waals surface area contributed by atoms with Crippen LogP contribution < -0.4 is 10.1 Å². The van der Waals surface area contributed by atoms with E-state index in [1.807, 2.05) is 6.07 Å². The Balaban J connectivity index is 0.000001000. The van der Waals surface area contributed by atoms with Crippen LogP contribution in [0, 0.1) is 5.92 Å². The largest absolute Gasteiger partial charge is 0.497 e. The summed E-state index contributed by atoms with van der Waals surface area (Å²) in [6.45, 7) is 4.57. The second-order valence-electron chi connectivity index (χ2n) is 5.34. The molecule has 1 aromatic carbocycles. The zero-order chi connectivity index (χ0) is 12.4. The van der Waals surface area contributed by atoms with Crippen molar-refractivity contribution in [3.05, 3.63) is 29.8 Å². The molecule has 1 aromatic rings. The van der Waals surface area contributed by atoms with Gasteiger partial charge in [-0.15, -0.1) is 24.8 Å². The highest BCUT2D eigenvalue weighted by atomic mass is 35.5. The maximum atomic E-state index is 5.36. The summed E-state index contributed by atoms with van der Waals surface area (Å²) in [5.41, 5.74) is 1.43. The van der Waals surface area contributed by atoms with Gasteiger partial charge in [-0.3, -0.25) is 4.90 Å². The lowest BCUT2D eigenvalue weighted by Gasteiger charge is -2.35. The number of benzene rings is 1. The summed E-state index contributed by atoms with van der Waals surface area (Å²) in [5.74, 6) is 1.84. The van der Waals surface area contributed by atoms with Gasteiger partial charge in [0.25, 0.3) is 0 Å². The molecule has 1 atom stereocenters. The summed E-state index contributed by atoms with van der Waals surface area (Å²) in [6.07, 6.45) is 2.76. The number of piperazine rings is 1. The summed E-state index contributed by atoms with van der Waals surface area (Å²) in [4.78, 5) is 2.64. The van der Waals surface area contributed by atoms with E-state index in [1.165, 1.54) is 31.5 Å². The average Bonchev–Trinajstić information content (AvgIpc) is 3.25. The highest BCUT2D eigenvalue weighted by Gasteiger charge is 2.36. The second kappa shape index (κ2) is 8.08. The fourth-order valence-electron chi connectivity index (χ4n) is 2.98. The van der Waals surface area contributed by atoms with Gasteiger partial charge in [0.15, 0.2) is 0 Å². The SMILES string of the molecule is COc1cccc([C@H](C2CC2)N2CCNCC2)c1.Cl.Cl. The Morgan fingerprint density at radius 2 is 1.90 bits per heavy atom. The Morgan fingerprint density at radius 3 is 2.50 bits per heavy atom. The number of hydrogen-bond acceptors (Lipinski definition) is 3. The lowest BCUT2D eigenvalue weighted by atomic mass is 9.99. The summed E-state index contributed by atoms with van der Waals surface area (Å²) < 4.78 is 5.36. The van der Waals surface area contributed by atoms with E-state index in [9.17, 15) is 0 Å². The second-order valence-corrected chi connectivity index (χ2v) is 5.34. The third kappa shape index (κ3) is 4.01. The molecule has 0 spiro atoms. The van der Waals surface area contributed by atoms with E-state index >= 15 is 0 Å². The fourth-order valence-corrected chi connectivity index (χ4v) is 2.98. The van der Waals surface area contributed by atoms with Gasteiger partial charge in [0.2, 0.25) is 0 Å². The first-order chi connectivity index (χ1) is 8.88. The van der Waals surface area contributed by atoms with Gasteiger partial charge in [0.05, 0.1) is 7.11 Å². The van der Waals surface area contributed by atoms with Gasteiger partial charge in [-0.25, -0.2) is 0 Å². The van der Waals surface area contributed by atoms with E-state index < -0.39 is 0 Å². The van der Waals surface area contributed by atoms with Gasteiger partial charge >= 0.3 is 0 Å². The highest BCUT2D eigenvalue weighted by molar-refractivity contribution is 5.85. The van der Waals surface area contributed by atoms with Crippen LogP contribution in [0.2, 0.25) is 0 Å². The molecule has 1 N–H and O–H groups in total. The van der Waals surface area contributed by atoms with Crippen LogP contribution in [0.25, 0.3) is 0 Å². The molecule has 1 aliphatic heterocycles. The van der Waals surface area contributed by atoms with Crippen LogP contribution in [0.15, 0.2) is 24.3 Å². The van der Waals surface area contributed by atoms with Crippen LogP contribution in [0.4, 0.5) is 0 Å². The molecular formula is C15H24Cl2N2O. The number of ether oxygens (including phenoxy) is 1. The van der Waals surface area contributed by atoms with Crippen molar-refractivity contribution in [2.75, 3.05) is 33.3 Å². The molecule has 1 heterocycles.